The lowest BCUT2D eigenvalue weighted by molar-refractivity contribution is 0.174. The molecule has 3 aliphatic carbocycles. The fourth-order valence-corrected chi connectivity index (χ4v) is 5.40. The zero-order valence-corrected chi connectivity index (χ0v) is 16.6. The SMILES string of the molecule is C=C/C=C\C=C/CC1NN[C@H](C2(C3CCC(Cl)CC3)CC2)C=C1C1CC1. The van der Waals surface area contributed by atoms with E-state index in [0.29, 0.717) is 22.9 Å². The number of nitrogens with one attached hydrogen (secondary N) is 2. The van der Waals surface area contributed by atoms with Crippen LogP contribution < -0.4 is 10.9 Å². The molecule has 0 aromatic carbocycles. The monoisotopic (exact) mass is 372 g/mol. The van der Waals surface area contributed by atoms with Gasteiger partial charge in [0.25, 0.3) is 0 Å². The van der Waals surface area contributed by atoms with Crippen LogP contribution in [-0.2, 0) is 0 Å². The fourth-order valence-electron chi connectivity index (χ4n) is 5.15. The van der Waals surface area contributed by atoms with Crippen molar-refractivity contribution in [1.82, 2.24) is 10.9 Å². The molecule has 1 heterocycles. The third-order valence-corrected chi connectivity index (χ3v) is 7.44. The fraction of sp³-hybridized carbons (Fsp3) is 0.652. The third kappa shape index (κ3) is 4.03. The maximum atomic E-state index is 6.35. The summed E-state index contributed by atoms with van der Waals surface area (Å²) in [4.78, 5) is 0. The van der Waals surface area contributed by atoms with Crippen LogP contribution >= 0.6 is 11.6 Å². The van der Waals surface area contributed by atoms with E-state index in [4.69, 9.17) is 11.6 Å². The second-order valence-corrected chi connectivity index (χ2v) is 9.34. The van der Waals surface area contributed by atoms with Gasteiger partial charge in [0.05, 0.1) is 0 Å². The predicted molar refractivity (Wildman–Crippen MR) is 111 cm³/mol. The van der Waals surface area contributed by atoms with E-state index < -0.39 is 0 Å². The van der Waals surface area contributed by atoms with E-state index in [9.17, 15) is 0 Å². The first-order valence-corrected chi connectivity index (χ1v) is 11.0. The van der Waals surface area contributed by atoms with Crippen LogP contribution in [0.3, 0.4) is 0 Å². The van der Waals surface area contributed by atoms with Crippen molar-refractivity contribution in [2.24, 2.45) is 17.3 Å². The van der Waals surface area contributed by atoms with Gasteiger partial charge in [-0.25, -0.2) is 10.9 Å². The number of hydrogen-bond acceptors (Lipinski definition) is 2. The third-order valence-electron chi connectivity index (χ3n) is 7.01. The molecule has 0 aromatic rings. The highest BCUT2D eigenvalue weighted by molar-refractivity contribution is 6.20. The molecule has 2 nitrogen and oxygen atoms in total. The van der Waals surface area contributed by atoms with Crippen LogP contribution in [0.4, 0.5) is 0 Å². The average Bonchev–Trinajstić information content (AvgIpc) is 3.56. The van der Waals surface area contributed by atoms with Gasteiger partial charge in [-0.15, -0.1) is 11.6 Å². The summed E-state index contributed by atoms with van der Waals surface area (Å²) in [6, 6.07) is 0.956. The maximum absolute atomic E-state index is 6.35. The zero-order valence-electron chi connectivity index (χ0n) is 15.8. The molecule has 0 bridgehead atoms. The van der Waals surface area contributed by atoms with Gasteiger partial charge in [0.15, 0.2) is 0 Å². The molecule has 1 aliphatic heterocycles. The molecule has 3 heteroatoms. The topological polar surface area (TPSA) is 24.1 Å². The molecule has 0 saturated heterocycles. The van der Waals surface area contributed by atoms with Crippen molar-refractivity contribution < 1.29 is 0 Å². The van der Waals surface area contributed by atoms with Gasteiger partial charge in [-0.05, 0) is 75.0 Å². The van der Waals surface area contributed by atoms with Crippen LogP contribution in [0.2, 0.25) is 0 Å². The molecule has 142 valence electrons. The zero-order chi connectivity index (χ0) is 18.0. The number of halogens is 1. The standard InChI is InChI=1S/C23H33ClN2/c1-2-3-4-5-6-7-21-20(17-8-9-17)16-22(26-25-21)23(14-15-23)18-10-12-19(24)13-11-18/h2-6,16-19,21-22,25-26H,1,7-15H2/b4-3-,6-5-/t18?,19?,21?,22-/m0/s1. The highest BCUT2D eigenvalue weighted by Crippen LogP contribution is 2.60. The minimum atomic E-state index is 0.420. The molecule has 0 radical (unpaired) electrons. The number of hydrogen-bond donors (Lipinski definition) is 2. The van der Waals surface area contributed by atoms with Gasteiger partial charge >= 0.3 is 0 Å². The quantitative estimate of drug-likeness (QED) is 0.353. The first-order chi connectivity index (χ1) is 12.7. The van der Waals surface area contributed by atoms with Crippen molar-refractivity contribution in [3.63, 3.8) is 0 Å². The minimum absolute atomic E-state index is 0.420. The van der Waals surface area contributed by atoms with E-state index in [0.717, 1.165) is 18.3 Å². The average molecular weight is 373 g/mol. The summed E-state index contributed by atoms with van der Waals surface area (Å²) < 4.78 is 0. The molecule has 0 spiro atoms. The van der Waals surface area contributed by atoms with Crippen LogP contribution in [0, 0.1) is 17.3 Å². The van der Waals surface area contributed by atoms with Crippen molar-refractivity contribution in [2.75, 3.05) is 0 Å². The number of allylic oxidation sites excluding steroid dienone is 4. The molecular weight excluding hydrogens is 340 g/mol. The van der Waals surface area contributed by atoms with E-state index in [1.807, 2.05) is 12.2 Å². The lowest BCUT2D eigenvalue weighted by Gasteiger charge is -2.41. The number of hydrazine groups is 1. The van der Waals surface area contributed by atoms with Crippen molar-refractivity contribution in [1.29, 1.82) is 0 Å². The van der Waals surface area contributed by atoms with E-state index in [1.54, 1.807) is 5.57 Å². The Morgan fingerprint density at radius 2 is 1.81 bits per heavy atom. The Bertz CT molecular complexity index is 589. The molecule has 0 amide bonds. The predicted octanol–water partition coefficient (Wildman–Crippen LogP) is 5.43. The van der Waals surface area contributed by atoms with E-state index in [-0.39, 0.29) is 0 Å². The maximum Gasteiger partial charge on any atom is 0.0460 e. The molecule has 1 unspecified atom stereocenters. The van der Waals surface area contributed by atoms with Crippen molar-refractivity contribution >= 4 is 11.6 Å². The largest absolute Gasteiger partial charge is 0.250 e. The molecule has 0 aromatic heterocycles. The van der Waals surface area contributed by atoms with Crippen LogP contribution in [0.25, 0.3) is 0 Å². The van der Waals surface area contributed by atoms with Crippen molar-refractivity contribution in [3.05, 3.63) is 48.6 Å². The number of alkyl halides is 1. The molecular formula is C23H33ClN2. The summed E-state index contributed by atoms with van der Waals surface area (Å²) in [7, 11) is 0. The Balaban J connectivity index is 1.43. The van der Waals surface area contributed by atoms with Crippen LogP contribution in [-0.4, -0.2) is 17.5 Å². The summed E-state index contributed by atoms with van der Waals surface area (Å²) in [6.07, 6.45) is 24.5. The molecule has 3 saturated carbocycles. The molecule has 3 fully saturated rings. The molecule has 4 rings (SSSR count). The Hall–Kier alpha value is -0.830. The van der Waals surface area contributed by atoms with E-state index in [2.05, 4.69) is 41.7 Å². The van der Waals surface area contributed by atoms with Gasteiger partial charge in [-0.1, -0.05) is 48.6 Å². The summed E-state index contributed by atoms with van der Waals surface area (Å²) in [5.41, 5.74) is 9.57. The van der Waals surface area contributed by atoms with E-state index >= 15 is 0 Å². The van der Waals surface area contributed by atoms with Gasteiger partial charge in [-0.2, -0.15) is 0 Å². The van der Waals surface area contributed by atoms with Crippen LogP contribution in [0.1, 0.15) is 57.8 Å². The molecule has 2 atom stereocenters. The summed E-state index contributed by atoms with van der Waals surface area (Å²) in [5.74, 6) is 1.68. The smallest absolute Gasteiger partial charge is 0.0460 e. The van der Waals surface area contributed by atoms with Gasteiger partial charge in [-0.3, -0.25) is 0 Å². The van der Waals surface area contributed by atoms with E-state index in [1.165, 1.54) is 51.4 Å². The summed E-state index contributed by atoms with van der Waals surface area (Å²) >= 11 is 6.35. The molecule has 26 heavy (non-hydrogen) atoms. The Kier molecular flexibility index (Phi) is 5.73. The number of rotatable bonds is 7. The summed E-state index contributed by atoms with van der Waals surface area (Å²) in [5, 5.41) is 0.420. The normalized spacial score (nSPS) is 37.0. The van der Waals surface area contributed by atoms with Gasteiger partial charge in [0.2, 0.25) is 0 Å². The first-order valence-electron chi connectivity index (χ1n) is 10.5. The van der Waals surface area contributed by atoms with Gasteiger partial charge in [0.1, 0.15) is 0 Å². The lowest BCUT2D eigenvalue weighted by Crippen LogP contribution is -2.55. The molecule has 4 aliphatic rings. The van der Waals surface area contributed by atoms with Crippen molar-refractivity contribution in [3.8, 4) is 0 Å². The van der Waals surface area contributed by atoms with Crippen LogP contribution in [0.15, 0.2) is 48.6 Å². The minimum Gasteiger partial charge on any atom is -0.250 e. The van der Waals surface area contributed by atoms with Crippen LogP contribution in [0.5, 0.6) is 0 Å². The second-order valence-electron chi connectivity index (χ2n) is 8.73. The van der Waals surface area contributed by atoms with Gasteiger partial charge < -0.3 is 0 Å². The lowest BCUT2D eigenvalue weighted by atomic mass is 9.73. The first kappa shape index (κ1) is 18.5. The van der Waals surface area contributed by atoms with Gasteiger partial charge in [0, 0.05) is 17.5 Å². The van der Waals surface area contributed by atoms with Crippen molar-refractivity contribution in [2.45, 2.75) is 75.2 Å². The highest BCUT2D eigenvalue weighted by Gasteiger charge is 2.55. The molecule has 2 N–H and O–H groups in total. The Morgan fingerprint density at radius 3 is 2.46 bits per heavy atom. The Labute approximate surface area is 163 Å². The second kappa shape index (κ2) is 8.04. The summed E-state index contributed by atoms with van der Waals surface area (Å²) in [6.45, 7) is 3.71. The highest BCUT2D eigenvalue weighted by atomic mass is 35.5. The Morgan fingerprint density at radius 1 is 1.04 bits per heavy atom.